The third kappa shape index (κ3) is 10.6. The summed E-state index contributed by atoms with van der Waals surface area (Å²) >= 11 is 0. The number of amides is 2. The number of carboxylic acids is 1. The lowest BCUT2D eigenvalue weighted by Crippen LogP contribution is -2.43. The van der Waals surface area contributed by atoms with Crippen molar-refractivity contribution < 1.29 is 24.2 Å². The first-order valence-electron chi connectivity index (χ1n) is 7.00. The largest absolute Gasteiger partial charge is 0.480 e. The van der Waals surface area contributed by atoms with E-state index in [1.165, 1.54) is 0 Å². The van der Waals surface area contributed by atoms with E-state index in [4.69, 9.17) is 9.84 Å². The average Bonchev–Trinajstić information content (AvgIpc) is 2.24. The molecule has 0 rings (SSSR count). The van der Waals surface area contributed by atoms with Crippen LogP contribution in [0.5, 0.6) is 0 Å². The van der Waals surface area contributed by atoms with Crippen LogP contribution >= 0.6 is 0 Å². The number of alkyl carbamates (subject to hydrolysis) is 1. The van der Waals surface area contributed by atoms with E-state index < -0.39 is 29.6 Å². The van der Waals surface area contributed by atoms with E-state index in [1.54, 1.807) is 20.8 Å². The summed E-state index contributed by atoms with van der Waals surface area (Å²) in [6, 6.07) is -0.904. The first-order chi connectivity index (χ1) is 9.51. The molecule has 0 fully saturated rings. The van der Waals surface area contributed by atoms with E-state index >= 15 is 0 Å². The van der Waals surface area contributed by atoms with Crippen LogP contribution in [0.2, 0.25) is 0 Å². The van der Waals surface area contributed by atoms with E-state index in [1.807, 2.05) is 13.8 Å². The van der Waals surface area contributed by atoms with Gasteiger partial charge in [-0.2, -0.15) is 0 Å². The van der Waals surface area contributed by atoms with Crippen LogP contribution in [0, 0.1) is 5.92 Å². The van der Waals surface area contributed by atoms with Gasteiger partial charge in [-0.25, -0.2) is 9.59 Å². The molecule has 0 bridgehead atoms. The maximum Gasteiger partial charge on any atom is 0.407 e. The van der Waals surface area contributed by atoms with Crippen molar-refractivity contribution in [2.45, 2.75) is 59.1 Å². The monoisotopic (exact) mass is 302 g/mol. The summed E-state index contributed by atoms with van der Waals surface area (Å²) in [5.74, 6) is -1.32. The lowest BCUT2D eigenvalue weighted by molar-refractivity contribution is -0.142. The second-order valence-electron chi connectivity index (χ2n) is 6.27. The minimum absolute atomic E-state index is 0.00111. The molecule has 21 heavy (non-hydrogen) atoms. The molecule has 0 heterocycles. The summed E-state index contributed by atoms with van der Waals surface area (Å²) in [5, 5.41) is 13.9. The summed E-state index contributed by atoms with van der Waals surface area (Å²) < 4.78 is 5.02. The van der Waals surface area contributed by atoms with Crippen LogP contribution in [0.25, 0.3) is 0 Å². The van der Waals surface area contributed by atoms with E-state index in [-0.39, 0.29) is 18.9 Å². The molecular weight excluding hydrogens is 276 g/mol. The maximum absolute atomic E-state index is 11.6. The van der Waals surface area contributed by atoms with Crippen molar-refractivity contribution >= 4 is 18.0 Å². The Morgan fingerprint density at radius 3 is 2.19 bits per heavy atom. The lowest BCUT2D eigenvalue weighted by Gasteiger charge is -2.20. The summed E-state index contributed by atoms with van der Waals surface area (Å²) in [6.07, 6.45) is -0.242. The third-order valence-corrected chi connectivity index (χ3v) is 2.36. The molecule has 0 aromatic carbocycles. The average molecular weight is 302 g/mol. The van der Waals surface area contributed by atoms with E-state index in [0.717, 1.165) is 0 Å². The lowest BCUT2D eigenvalue weighted by atomic mass is 10.0. The Hall–Kier alpha value is -1.79. The van der Waals surface area contributed by atoms with Gasteiger partial charge in [-0.05, 0) is 33.1 Å². The van der Waals surface area contributed by atoms with Gasteiger partial charge in [0, 0.05) is 13.0 Å². The highest BCUT2D eigenvalue weighted by Crippen LogP contribution is 2.06. The van der Waals surface area contributed by atoms with Gasteiger partial charge in [0.05, 0.1) is 0 Å². The number of carbonyl (C=O) groups excluding carboxylic acids is 2. The van der Waals surface area contributed by atoms with Crippen molar-refractivity contribution in [3.63, 3.8) is 0 Å². The van der Waals surface area contributed by atoms with Crippen molar-refractivity contribution in [1.82, 2.24) is 10.6 Å². The molecule has 122 valence electrons. The topological polar surface area (TPSA) is 105 Å². The Morgan fingerprint density at radius 1 is 1.19 bits per heavy atom. The maximum atomic E-state index is 11.6. The Balaban J connectivity index is 4.09. The first kappa shape index (κ1) is 19.2. The zero-order valence-electron chi connectivity index (χ0n) is 13.4. The van der Waals surface area contributed by atoms with Gasteiger partial charge in [0.15, 0.2) is 0 Å². The van der Waals surface area contributed by atoms with Gasteiger partial charge in [0.1, 0.15) is 11.6 Å². The summed E-state index contributed by atoms with van der Waals surface area (Å²) in [5.41, 5.74) is -0.599. The minimum atomic E-state index is -1.06. The summed E-state index contributed by atoms with van der Waals surface area (Å²) in [6.45, 7) is 9.07. The molecule has 1 atom stereocenters. The quantitative estimate of drug-likeness (QED) is 0.661. The van der Waals surface area contributed by atoms with Crippen molar-refractivity contribution in [2.24, 2.45) is 5.92 Å². The molecule has 0 aliphatic carbocycles. The fourth-order valence-electron chi connectivity index (χ4n) is 1.55. The fraction of sp³-hybridized carbons (Fsp3) is 0.786. The normalized spacial score (nSPS) is 12.7. The first-order valence-corrected chi connectivity index (χ1v) is 7.00. The van der Waals surface area contributed by atoms with Gasteiger partial charge < -0.3 is 20.5 Å². The van der Waals surface area contributed by atoms with E-state index in [9.17, 15) is 14.4 Å². The Bertz CT molecular complexity index is 374. The van der Waals surface area contributed by atoms with Gasteiger partial charge >= 0.3 is 12.1 Å². The molecular formula is C14H26N2O5. The molecule has 0 spiro atoms. The SMILES string of the molecule is CC(C)C[C@H](NC(=O)CCNC(=O)OC(C)(C)C)C(=O)O. The second-order valence-corrected chi connectivity index (χ2v) is 6.27. The van der Waals surface area contributed by atoms with Gasteiger partial charge in [-0.3, -0.25) is 4.79 Å². The summed E-state index contributed by atoms with van der Waals surface area (Å²) in [4.78, 5) is 34.0. The molecule has 0 unspecified atom stereocenters. The van der Waals surface area contributed by atoms with Crippen LogP contribution < -0.4 is 10.6 Å². The van der Waals surface area contributed by atoms with Crippen molar-refractivity contribution in [2.75, 3.05) is 6.54 Å². The number of carboxylic acid groups (broad SMARTS) is 1. The Morgan fingerprint density at radius 2 is 1.76 bits per heavy atom. The number of aliphatic carboxylic acids is 1. The number of nitrogens with one attached hydrogen (secondary N) is 2. The molecule has 0 aliphatic heterocycles. The van der Waals surface area contributed by atoms with Crippen LogP contribution in [-0.2, 0) is 14.3 Å². The standard InChI is InChI=1S/C14H26N2O5/c1-9(2)8-10(12(18)19)16-11(17)6-7-15-13(20)21-14(3,4)5/h9-10H,6-8H2,1-5H3,(H,15,20)(H,16,17)(H,18,19)/t10-/m0/s1. The van der Waals surface area contributed by atoms with Crippen molar-refractivity contribution in [3.8, 4) is 0 Å². The molecule has 0 saturated carbocycles. The number of ether oxygens (including phenoxy) is 1. The highest BCUT2D eigenvalue weighted by molar-refractivity contribution is 5.83. The Kier molecular flexibility index (Phi) is 7.76. The van der Waals surface area contributed by atoms with Crippen LogP contribution in [-0.4, -0.2) is 41.3 Å². The van der Waals surface area contributed by atoms with Gasteiger partial charge in [0.25, 0.3) is 0 Å². The molecule has 0 aromatic rings. The second kappa shape index (κ2) is 8.49. The molecule has 0 aromatic heterocycles. The van der Waals surface area contributed by atoms with Crippen LogP contribution in [0.3, 0.4) is 0 Å². The van der Waals surface area contributed by atoms with Gasteiger partial charge in [-0.1, -0.05) is 13.8 Å². The molecule has 2 amide bonds. The predicted octanol–water partition coefficient (Wildman–Crippen LogP) is 1.52. The molecule has 0 radical (unpaired) electrons. The molecule has 0 saturated heterocycles. The zero-order valence-corrected chi connectivity index (χ0v) is 13.4. The highest BCUT2D eigenvalue weighted by atomic mass is 16.6. The predicted molar refractivity (Wildman–Crippen MR) is 77.9 cm³/mol. The number of hydrogen-bond acceptors (Lipinski definition) is 4. The van der Waals surface area contributed by atoms with Crippen molar-refractivity contribution in [3.05, 3.63) is 0 Å². The Labute approximate surface area is 125 Å². The smallest absolute Gasteiger partial charge is 0.407 e. The zero-order chi connectivity index (χ0) is 16.6. The number of hydrogen-bond donors (Lipinski definition) is 3. The summed E-state index contributed by atoms with van der Waals surface area (Å²) in [7, 11) is 0. The third-order valence-electron chi connectivity index (χ3n) is 2.36. The van der Waals surface area contributed by atoms with Crippen LogP contribution in [0.15, 0.2) is 0 Å². The van der Waals surface area contributed by atoms with Gasteiger partial charge in [-0.15, -0.1) is 0 Å². The molecule has 3 N–H and O–H groups in total. The fourth-order valence-corrected chi connectivity index (χ4v) is 1.55. The van der Waals surface area contributed by atoms with Gasteiger partial charge in [0.2, 0.25) is 5.91 Å². The van der Waals surface area contributed by atoms with Crippen molar-refractivity contribution in [1.29, 1.82) is 0 Å². The van der Waals surface area contributed by atoms with Crippen LogP contribution in [0.4, 0.5) is 4.79 Å². The minimum Gasteiger partial charge on any atom is -0.480 e. The molecule has 7 nitrogen and oxygen atoms in total. The molecule has 0 aliphatic rings. The molecule has 7 heteroatoms. The van der Waals surface area contributed by atoms with E-state index in [0.29, 0.717) is 6.42 Å². The highest BCUT2D eigenvalue weighted by Gasteiger charge is 2.21. The number of carbonyl (C=O) groups is 3. The van der Waals surface area contributed by atoms with E-state index in [2.05, 4.69) is 10.6 Å². The van der Waals surface area contributed by atoms with Crippen LogP contribution in [0.1, 0.15) is 47.5 Å². The number of rotatable bonds is 7.